The van der Waals surface area contributed by atoms with Gasteiger partial charge in [-0.25, -0.2) is 0 Å². The minimum absolute atomic E-state index is 0.320. The molecule has 78 valence electrons. The van der Waals surface area contributed by atoms with Crippen LogP contribution in [-0.4, -0.2) is 6.29 Å². The zero-order valence-electron chi connectivity index (χ0n) is 8.34. The van der Waals surface area contributed by atoms with Crippen molar-refractivity contribution in [2.45, 2.75) is 0 Å². The molecule has 3 rings (SSSR count). The van der Waals surface area contributed by atoms with E-state index in [9.17, 15) is 4.79 Å². The molecular formula is C13H8O3. The molecule has 1 aromatic carbocycles. The molecule has 0 bridgehead atoms. The van der Waals surface area contributed by atoms with Crippen molar-refractivity contribution in [3.8, 4) is 11.1 Å². The minimum atomic E-state index is 0.320. The number of carbonyl (C=O) groups is 1. The lowest BCUT2D eigenvalue weighted by Gasteiger charge is -1.90. The SMILES string of the molecule is O=Cc1cc(-c2coc3ccccc23)co1. The first-order chi connectivity index (χ1) is 7.88. The van der Waals surface area contributed by atoms with Crippen molar-refractivity contribution < 1.29 is 13.6 Å². The van der Waals surface area contributed by atoms with Crippen molar-refractivity contribution >= 4 is 17.3 Å². The molecule has 2 heterocycles. The molecule has 0 radical (unpaired) electrons. The molecule has 3 aromatic rings. The van der Waals surface area contributed by atoms with Crippen LogP contribution >= 0.6 is 0 Å². The summed E-state index contributed by atoms with van der Waals surface area (Å²) in [5.41, 5.74) is 2.62. The average Bonchev–Trinajstić information content (AvgIpc) is 2.94. The number of hydrogen-bond donors (Lipinski definition) is 0. The first kappa shape index (κ1) is 8.97. The maximum Gasteiger partial charge on any atom is 0.185 e. The normalized spacial score (nSPS) is 10.8. The van der Waals surface area contributed by atoms with E-state index in [2.05, 4.69) is 0 Å². The van der Waals surface area contributed by atoms with Gasteiger partial charge in [-0.3, -0.25) is 4.79 Å². The van der Waals surface area contributed by atoms with Crippen LogP contribution in [0.25, 0.3) is 22.1 Å². The average molecular weight is 212 g/mol. The second-order valence-corrected chi connectivity index (χ2v) is 3.50. The molecule has 0 amide bonds. The highest BCUT2D eigenvalue weighted by molar-refractivity contribution is 5.94. The molecule has 0 unspecified atom stereocenters. The van der Waals surface area contributed by atoms with Crippen molar-refractivity contribution in [2.24, 2.45) is 0 Å². The molecule has 2 aromatic heterocycles. The molecule has 3 heteroatoms. The first-order valence-electron chi connectivity index (χ1n) is 4.89. The number of benzene rings is 1. The lowest BCUT2D eigenvalue weighted by Crippen LogP contribution is -1.71. The zero-order valence-corrected chi connectivity index (χ0v) is 8.34. The van der Waals surface area contributed by atoms with E-state index in [0.29, 0.717) is 12.0 Å². The maximum atomic E-state index is 10.5. The van der Waals surface area contributed by atoms with Gasteiger partial charge in [0.05, 0.1) is 12.5 Å². The van der Waals surface area contributed by atoms with Crippen LogP contribution in [0, 0.1) is 0 Å². The summed E-state index contributed by atoms with van der Waals surface area (Å²) in [4.78, 5) is 10.5. The van der Waals surface area contributed by atoms with Gasteiger partial charge >= 0.3 is 0 Å². The van der Waals surface area contributed by atoms with E-state index in [1.165, 1.54) is 0 Å². The summed E-state index contributed by atoms with van der Waals surface area (Å²) >= 11 is 0. The van der Waals surface area contributed by atoms with Crippen LogP contribution in [0.1, 0.15) is 10.6 Å². The van der Waals surface area contributed by atoms with Crippen LogP contribution in [0.4, 0.5) is 0 Å². The molecule has 0 aliphatic heterocycles. The summed E-state index contributed by atoms with van der Waals surface area (Å²) in [6.07, 6.45) is 3.91. The van der Waals surface area contributed by atoms with Gasteiger partial charge in [-0.1, -0.05) is 18.2 Å². The van der Waals surface area contributed by atoms with E-state index in [1.54, 1.807) is 18.6 Å². The van der Waals surface area contributed by atoms with Gasteiger partial charge in [-0.2, -0.15) is 0 Å². The Morgan fingerprint density at radius 1 is 1.06 bits per heavy atom. The maximum absolute atomic E-state index is 10.5. The predicted molar refractivity (Wildman–Crippen MR) is 59.3 cm³/mol. The minimum Gasteiger partial charge on any atom is -0.464 e. The highest BCUT2D eigenvalue weighted by atomic mass is 16.3. The van der Waals surface area contributed by atoms with E-state index >= 15 is 0 Å². The zero-order chi connectivity index (χ0) is 11.0. The number of aldehydes is 1. The fourth-order valence-electron chi connectivity index (χ4n) is 1.76. The third-order valence-electron chi connectivity index (χ3n) is 2.53. The molecule has 0 atom stereocenters. The largest absolute Gasteiger partial charge is 0.464 e. The van der Waals surface area contributed by atoms with Crippen LogP contribution in [0.5, 0.6) is 0 Å². The van der Waals surface area contributed by atoms with E-state index in [1.807, 2.05) is 24.3 Å². The van der Waals surface area contributed by atoms with E-state index in [4.69, 9.17) is 8.83 Å². The number of rotatable bonds is 2. The van der Waals surface area contributed by atoms with E-state index in [-0.39, 0.29) is 0 Å². The molecule has 0 N–H and O–H groups in total. The van der Waals surface area contributed by atoms with Gasteiger partial charge in [0, 0.05) is 16.5 Å². The molecule has 0 saturated carbocycles. The van der Waals surface area contributed by atoms with E-state index in [0.717, 1.165) is 22.1 Å². The lowest BCUT2D eigenvalue weighted by molar-refractivity contribution is 0.110. The monoisotopic (exact) mass is 212 g/mol. The van der Waals surface area contributed by atoms with Gasteiger partial charge < -0.3 is 8.83 Å². The van der Waals surface area contributed by atoms with Crippen LogP contribution in [-0.2, 0) is 0 Å². The summed E-state index contributed by atoms with van der Waals surface area (Å²) < 4.78 is 10.5. The molecular weight excluding hydrogens is 204 g/mol. The Bertz CT molecular complexity index is 646. The summed E-state index contributed by atoms with van der Waals surface area (Å²) in [6, 6.07) is 9.44. The third kappa shape index (κ3) is 1.26. The highest BCUT2D eigenvalue weighted by Crippen LogP contribution is 2.31. The fraction of sp³-hybridized carbons (Fsp3) is 0. The van der Waals surface area contributed by atoms with E-state index < -0.39 is 0 Å². The predicted octanol–water partition coefficient (Wildman–Crippen LogP) is 3.51. The van der Waals surface area contributed by atoms with Gasteiger partial charge in [0.25, 0.3) is 0 Å². The van der Waals surface area contributed by atoms with Crippen molar-refractivity contribution in [1.29, 1.82) is 0 Å². The molecule has 0 fully saturated rings. The molecule has 0 aliphatic carbocycles. The fourth-order valence-corrected chi connectivity index (χ4v) is 1.76. The van der Waals surface area contributed by atoms with Crippen molar-refractivity contribution in [3.63, 3.8) is 0 Å². The molecule has 3 nitrogen and oxygen atoms in total. The Hall–Kier alpha value is -2.29. The Balaban J connectivity index is 2.21. The Kier molecular flexibility index (Phi) is 1.90. The molecule has 16 heavy (non-hydrogen) atoms. The topological polar surface area (TPSA) is 43.4 Å². The lowest BCUT2D eigenvalue weighted by atomic mass is 10.1. The van der Waals surface area contributed by atoms with Crippen LogP contribution < -0.4 is 0 Å². The Morgan fingerprint density at radius 2 is 1.94 bits per heavy atom. The molecule has 0 saturated heterocycles. The Morgan fingerprint density at radius 3 is 2.75 bits per heavy atom. The number of carbonyl (C=O) groups excluding carboxylic acids is 1. The number of fused-ring (bicyclic) bond motifs is 1. The first-order valence-corrected chi connectivity index (χ1v) is 4.89. The highest BCUT2D eigenvalue weighted by Gasteiger charge is 2.09. The van der Waals surface area contributed by atoms with Crippen molar-refractivity contribution in [3.05, 3.63) is 48.6 Å². The van der Waals surface area contributed by atoms with Gasteiger partial charge in [-0.05, 0) is 12.1 Å². The van der Waals surface area contributed by atoms with Crippen LogP contribution in [0.15, 0.2) is 51.7 Å². The summed E-state index contributed by atoms with van der Waals surface area (Å²) in [7, 11) is 0. The Labute approximate surface area is 91.3 Å². The molecule has 0 spiro atoms. The number of hydrogen-bond acceptors (Lipinski definition) is 3. The summed E-state index contributed by atoms with van der Waals surface area (Å²) in [5.74, 6) is 0.320. The smallest absolute Gasteiger partial charge is 0.185 e. The van der Waals surface area contributed by atoms with Crippen LogP contribution in [0.3, 0.4) is 0 Å². The third-order valence-corrected chi connectivity index (χ3v) is 2.53. The van der Waals surface area contributed by atoms with Gasteiger partial charge in [-0.15, -0.1) is 0 Å². The number of para-hydroxylation sites is 1. The van der Waals surface area contributed by atoms with Gasteiger partial charge in [0.2, 0.25) is 0 Å². The second-order valence-electron chi connectivity index (χ2n) is 3.50. The number of furan rings is 2. The quantitative estimate of drug-likeness (QED) is 0.610. The van der Waals surface area contributed by atoms with Crippen molar-refractivity contribution in [2.75, 3.05) is 0 Å². The van der Waals surface area contributed by atoms with Gasteiger partial charge in [0.1, 0.15) is 5.58 Å². The van der Waals surface area contributed by atoms with Crippen molar-refractivity contribution in [1.82, 2.24) is 0 Å². The van der Waals surface area contributed by atoms with Crippen LogP contribution in [0.2, 0.25) is 0 Å². The standard InChI is InChI=1S/C13H8O3/c14-6-10-5-9(7-15-10)12-8-16-13-4-2-1-3-11(12)13/h1-8H. The summed E-state index contributed by atoms with van der Waals surface area (Å²) in [6.45, 7) is 0. The second kappa shape index (κ2) is 3.38. The summed E-state index contributed by atoms with van der Waals surface area (Å²) in [5, 5.41) is 1.01. The molecule has 0 aliphatic rings. The van der Waals surface area contributed by atoms with Gasteiger partial charge in [0.15, 0.2) is 12.0 Å².